The third-order valence-corrected chi connectivity index (χ3v) is 3.12. The van der Waals surface area contributed by atoms with Gasteiger partial charge in [-0.1, -0.05) is 79.8 Å². The molecule has 0 fully saturated rings. The van der Waals surface area contributed by atoms with E-state index >= 15 is 0 Å². The molecule has 24 heavy (non-hydrogen) atoms. The molecule has 0 radical (unpaired) electrons. The van der Waals surface area contributed by atoms with Crippen molar-refractivity contribution in [1.82, 2.24) is 0 Å². The minimum atomic E-state index is -0.741. The zero-order chi connectivity index (χ0) is 17.7. The van der Waals surface area contributed by atoms with Crippen molar-refractivity contribution in [2.75, 3.05) is 0 Å². The minimum absolute atomic E-state index is 0.210. The summed E-state index contributed by atoms with van der Waals surface area (Å²) in [6.45, 7) is 2.15. The van der Waals surface area contributed by atoms with Crippen molar-refractivity contribution in [3.05, 3.63) is 72.9 Å². The van der Waals surface area contributed by atoms with E-state index in [4.69, 9.17) is 5.11 Å². The molecule has 0 saturated heterocycles. The van der Waals surface area contributed by atoms with Crippen LogP contribution in [-0.4, -0.2) is 11.1 Å². The van der Waals surface area contributed by atoms with Crippen LogP contribution in [0.2, 0.25) is 0 Å². The van der Waals surface area contributed by atoms with Gasteiger partial charge in [0.05, 0.1) is 0 Å². The van der Waals surface area contributed by atoms with Crippen molar-refractivity contribution >= 4 is 5.97 Å². The first kappa shape index (κ1) is 21.9. The number of carbonyl (C=O) groups is 1. The predicted molar refractivity (Wildman–Crippen MR) is 105 cm³/mol. The fraction of sp³-hybridized carbons (Fsp3) is 0.409. The Hall–Kier alpha value is -2.09. The molecule has 0 atom stereocenters. The van der Waals surface area contributed by atoms with Gasteiger partial charge in [0.25, 0.3) is 0 Å². The van der Waals surface area contributed by atoms with Crippen molar-refractivity contribution in [3.63, 3.8) is 0 Å². The summed E-state index contributed by atoms with van der Waals surface area (Å²) < 4.78 is 0. The van der Waals surface area contributed by atoms with Crippen LogP contribution in [0.25, 0.3) is 0 Å². The Morgan fingerprint density at radius 2 is 0.958 bits per heavy atom. The molecule has 0 saturated carbocycles. The first-order valence-corrected chi connectivity index (χ1v) is 8.89. The molecule has 0 unspecified atom stereocenters. The maximum atomic E-state index is 10.3. The molecule has 0 bridgehead atoms. The Balaban J connectivity index is 3.51. The summed E-state index contributed by atoms with van der Waals surface area (Å²) in [4.78, 5) is 10.3. The first-order valence-electron chi connectivity index (χ1n) is 8.89. The van der Waals surface area contributed by atoms with E-state index in [0.717, 1.165) is 38.5 Å². The molecule has 0 aromatic carbocycles. The van der Waals surface area contributed by atoms with Gasteiger partial charge in [-0.15, -0.1) is 0 Å². The van der Waals surface area contributed by atoms with Crippen LogP contribution in [0, 0.1) is 0 Å². The smallest absolute Gasteiger partial charge is 0.303 e. The van der Waals surface area contributed by atoms with Gasteiger partial charge in [0.2, 0.25) is 0 Å². The van der Waals surface area contributed by atoms with Gasteiger partial charge >= 0.3 is 5.97 Å². The van der Waals surface area contributed by atoms with Crippen molar-refractivity contribution < 1.29 is 9.90 Å². The van der Waals surface area contributed by atoms with E-state index in [1.165, 1.54) is 0 Å². The fourth-order valence-electron chi connectivity index (χ4n) is 1.85. The second-order valence-corrected chi connectivity index (χ2v) is 5.35. The summed E-state index contributed by atoms with van der Waals surface area (Å²) in [5.41, 5.74) is 0. The summed E-state index contributed by atoms with van der Waals surface area (Å²) in [5, 5.41) is 8.49. The summed E-state index contributed by atoms with van der Waals surface area (Å²) in [6.07, 6.45) is 32.5. The second kappa shape index (κ2) is 19.0. The zero-order valence-corrected chi connectivity index (χ0v) is 14.9. The molecule has 132 valence electrons. The highest BCUT2D eigenvalue weighted by molar-refractivity contribution is 5.66. The molecule has 1 N–H and O–H groups in total. The van der Waals surface area contributed by atoms with Crippen molar-refractivity contribution in [1.29, 1.82) is 0 Å². The fourth-order valence-corrected chi connectivity index (χ4v) is 1.85. The van der Waals surface area contributed by atoms with Gasteiger partial charge in [0, 0.05) is 6.42 Å². The highest BCUT2D eigenvalue weighted by Crippen LogP contribution is 1.97. The zero-order valence-electron chi connectivity index (χ0n) is 14.9. The highest BCUT2D eigenvalue weighted by atomic mass is 16.4. The molecule has 2 heteroatoms. The molecule has 0 aromatic rings. The number of carboxylic acids is 1. The SMILES string of the molecule is CC/C=C/C/C=C\C/C=C\C/C=C\C/C=C\C/C=C\CCC(=O)O. The Bertz CT molecular complexity index is 462. The number of allylic oxidation sites excluding steroid dienone is 12. The molecule has 0 aromatic heterocycles. The molecule has 0 rings (SSSR count). The number of hydrogen-bond donors (Lipinski definition) is 1. The predicted octanol–water partition coefficient (Wildman–Crippen LogP) is 6.55. The third-order valence-electron chi connectivity index (χ3n) is 3.12. The number of rotatable bonds is 14. The summed E-state index contributed by atoms with van der Waals surface area (Å²) in [7, 11) is 0. The lowest BCUT2D eigenvalue weighted by Gasteiger charge is -1.87. The normalized spacial score (nSPS) is 13.0. The van der Waals surface area contributed by atoms with E-state index < -0.39 is 5.97 Å². The maximum Gasteiger partial charge on any atom is 0.303 e. The third kappa shape index (κ3) is 19.9. The lowest BCUT2D eigenvalue weighted by atomic mass is 10.2. The highest BCUT2D eigenvalue weighted by Gasteiger charge is 1.90. The second-order valence-electron chi connectivity index (χ2n) is 5.35. The Morgan fingerprint density at radius 1 is 0.625 bits per heavy atom. The van der Waals surface area contributed by atoms with Crippen molar-refractivity contribution in [3.8, 4) is 0 Å². The van der Waals surface area contributed by atoms with Crippen LogP contribution >= 0.6 is 0 Å². The van der Waals surface area contributed by atoms with Crippen LogP contribution in [0.5, 0.6) is 0 Å². The molecule has 0 aliphatic rings. The summed E-state index contributed by atoms with van der Waals surface area (Å²) in [6, 6.07) is 0. The van der Waals surface area contributed by atoms with E-state index in [-0.39, 0.29) is 6.42 Å². The molecule has 0 heterocycles. The number of hydrogen-bond acceptors (Lipinski definition) is 1. The molecular weight excluding hydrogens is 296 g/mol. The minimum Gasteiger partial charge on any atom is -0.481 e. The van der Waals surface area contributed by atoms with E-state index in [1.54, 1.807) is 0 Å². The molecule has 0 spiro atoms. The number of aliphatic carboxylic acids is 1. The van der Waals surface area contributed by atoms with Gasteiger partial charge in [0.1, 0.15) is 0 Å². The average Bonchev–Trinajstić information content (AvgIpc) is 2.56. The van der Waals surface area contributed by atoms with Gasteiger partial charge in [-0.3, -0.25) is 4.79 Å². The Labute approximate surface area is 147 Å². The van der Waals surface area contributed by atoms with Crippen LogP contribution in [0.3, 0.4) is 0 Å². The van der Waals surface area contributed by atoms with Crippen LogP contribution in [0.1, 0.15) is 58.3 Å². The van der Waals surface area contributed by atoms with Gasteiger partial charge in [-0.2, -0.15) is 0 Å². The van der Waals surface area contributed by atoms with Crippen LogP contribution in [-0.2, 0) is 4.79 Å². The maximum absolute atomic E-state index is 10.3. The lowest BCUT2D eigenvalue weighted by molar-refractivity contribution is -0.136. The quantitative estimate of drug-likeness (QED) is 0.367. The molecule has 0 aliphatic carbocycles. The molecule has 0 amide bonds. The van der Waals surface area contributed by atoms with E-state index in [9.17, 15) is 4.79 Å². The van der Waals surface area contributed by atoms with Gasteiger partial charge < -0.3 is 5.11 Å². The van der Waals surface area contributed by atoms with Crippen molar-refractivity contribution in [2.24, 2.45) is 0 Å². The van der Waals surface area contributed by atoms with Crippen LogP contribution in [0.15, 0.2) is 72.9 Å². The Morgan fingerprint density at radius 3 is 1.29 bits per heavy atom. The van der Waals surface area contributed by atoms with Crippen LogP contribution < -0.4 is 0 Å². The average molecular weight is 328 g/mol. The molecule has 0 aliphatic heterocycles. The van der Waals surface area contributed by atoms with Gasteiger partial charge in [0.15, 0.2) is 0 Å². The first-order chi connectivity index (χ1) is 11.8. The Kier molecular flexibility index (Phi) is 17.3. The standard InChI is InChI=1S/C22H32O2/c1-2-3-4-5-6-7-8-9-10-11-12-13-14-15-16-17-18-19-20-21-22(23)24/h3-4,6-7,9-10,12-13,15-16,18-19H,2,5,8,11,14,17,20-21H2,1H3,(H,23,24)/b4-3+,7-6-,10-9-,13-12-,16-15-,19-18-. The molecular formula is C22H32O2. The molecule has 2 nitrogen and oxygen atoms in total. The van der Waals surface area contributed by atoms with Crippen LogP contribution in [0.4, 0.5) is 0 Å². The number of carboxylic acid groups (broad SMARTS) is 1. The van der Waals surface area contributed by atoms with E-state index in [0.29, 0.717) is 6.42 Å². The van der Waals surface area contributed by atoms with E-state index in [2.05, 4.69) is 67.7 Å². The largest absolute Gasteiger partial charge is 0.481 e. The lowest BCUT2D eigenvalue weighted by Crippen LogP contribution is -1.91. The van der Waals surface area contributed by atoms with Crippen molar-refractivity contribution in [2.45, 2.75) is 58.3 Å². The summed E-state index contributed by atoms with van der Waals surface area (Å²) >= 11 is 0. The summed E-state index contributed by atoms with van der Waals surface area (Å²) in [5.74, 6) is -0.741. The topological polar surface area (TPSA) is 37.3 Å². The van der Waals surface area contributed by atoms with Gasteiger partial charge in [-0.05, 0) is 44.9 Å². The van der Waals surface area contributed by atoms with E-state index in [1.807, 2.05) is 12.2 Å². The van der Waals surface area contributed by atoms with Gasteiger partial charge in [-0.25, -0.2) is 0 Å². The monoisotopic (exact) mass is 328 g/mol.